The fourth-order valence-electron chi connectivity index (χ4n) is 3.61. The summed E-state index contributed by atoms with van der Waals surface area (Å²) >= 11 is 1.82. The van der Waals surface area contributed by atoms with Crippen molar-refractivity contribution in [2.24, 2.45) is 4.99 Å². The zero-order chi connectivity index (χ0) is 19.9. The Hall–Kier alpha value is -2.87. The minimum Gasteiger partial charge on any atom is -0.363 e. The number of hydrogen-bond acceptors (Lipinski definition) is 5. The fourth-order valence-corrected chi connectivity index (χ4v) is 4.39. The number of anilines is 1. The van der Waals surface area contributed by atoms with E-state index in [1.165, 1.54) is 16.1 Å². The molecule has 0 spiro atoms. The van der Waals surface area contributed by atoms with E-state index in [2.05, 4.69) is 72.4 Å². The molecule has 0 atom stereocenters. The molecule has 0 saturated carbocycles. The predicted octanol–water partition coefficient (Wildman–Crippen LogP) is 2.72. The van der Waals surface area contributed by atoms with Gasteiger partial charge in [-0.15, -0.1) is 11.3 Å². The molecule has 7 nitrogen and oxygen atoms in total. The van der Waals surface area contributed by atoms with Gasteiger partial charge >= 0.3 is 0 Å². The normalized spacial score (nSPS) is 15.5. The molecule has 4 rings (SSSR count). The Bertz CT molecular complexity index is 897. The average Bonchev–Trinajstić information content (AvgIpc) is 3.46. The molecule has 0 radical (unpaired) electrons. The molecule has 1 saturated heterocycles. The van der Waals surface area contributed by atoms with Crippen LogP contribution < -0.4 is 15.5 Å². The summed E-state index contributed by atoms with van der Waals surface area (Å²) in [5.41, 5.74) is 2.43. The first kappa shape index (κ1) is 19.4. The quantitative estimate of drug-likeness (QED) is 0.484. The van der Waals surface area contributed by atoms with Gasteiger partial charge in [0.05, 0.1) is 11.5 Å². The Kier molecular flexibility index (Phi) is 6.41. The first-order valence-electron chi connectivity index (χ1n) is 9.96. The number of benzene rings is 1. The number of aliphatic imine (C=N–C) groups is 1. The lowest BCUT2D eigenvalue weighted by atomic mass is 10.1. The van der Waals surface area contributed by atoms with E-state index < -0.39 is 0 Å². The number of piperidine rings is 1. The van der Waals surface area contributed by atoms with Crippen LogP contribution in [0.2, 0.25) is 0 Å². The molecule has 2 N–H and O–H groups in total. The number of thiophene rings is 1. The van der Waals surface area contributed by atoms with Crippen molar-refractivity contribution < 1.29 is 0 Å². The Morgan fingerprint density at radius 3 is 2.79 bits per heavy atom. The van der Waals surface area contributed by atoms with Crippen LogP contribution in [-0.4, -0.2) is 46.9 Å². The van der Waals surface area contributed by atoms with Crippen LogP contribution in [0.4, 0.5) is 5.00 Å². The number of hydrogen-bond donors (Lipinski definition) is 2. The van der Waals surface area contributed by atoms with Crippen LogP contribution in [-0.2, 0) is 13.1 Å². The van der Waals surface area contributed by atoms with Crippen LogP contribution in [0, 0.1) is 0 Å². The topological polar surface area (TPSA) is 70.4 Å². The summed E-state index contributed by atoms with van der Waals surface area (Å²) in [6, 6.07) is 13.3. The van der Waals surface area contributed by atoms with Gasteiger partial charge in [-0.25, -0.2) is 9.67 Å². The summed E-state index contributed by atoms with van der Waals surface area (Å²) in [5.74, 6) is 0.862. The van der Waals surface area contributed by atoms with Crippen molar-refractivity contribution in [3.63, 3.8) is 0 Å². The minimum absolute atomic E-state index is 0.455. The molecule has 1 fully saturated rings. The minimum atomic E-state index is 0.455. The number of nitrogens with zero attached hydrogens (tertiary/aromatic N) is 5. The molecule has 152 valence electrons. The van der Waals surface area contributed by atoms with Crippen molar-refractivity contribution in [2.75, 3.05) is 25.0 Å². The van der Waals surface area contributed by atoms with Crippen LogP contribution in [0.15, 0.2) is 59.4 Å². The average molecular weight is 410 g/mol. The zero-order valence-electron chi connectivity index (χ0n) is 16.7. The van der Waals surface area contributed by atoms with E-state index in [1.54, 1.807) is 12.7 Å². The van der Waals surface area contributed by atoms with E-state index >= 15 is 0 Å². The molecule has 0 unspecified atom stereocenters. The highest BCUT2D eigenvalue weighted by Gasteiger charge is 2.20. The Morgan fingerprint density at radius 2 is 2.07 bits per heavy atom. The van der Waals surface area contributed by atoms with Gasteiger partial charge < -0.3 is 15.5 Å². The SMILES string of the molecule is CN=C(NCc1cccc(Cn2cncn2)c1)NC1CCN(c2cccs2)CC1. The number of guanidine groups is 1. The second-order valence-corrected chi connectivity index (χ2v) is 8.12. The van der Waals surface area contributed by atoms with Gasteiger partial charge in [0.15, 0.2) is 5.96 Å². The third-order valence-corrected chi connectivity index (χ3v) is 6.07. The Labute approximate surface area is 175 Å². The summed E-state index contributed by atoms with van der Waals surface area (Å²) in [5, 5.41) is 14.7. The van der Waals surface area contributed by atoms with Gasteiger partial charge in [-0.3, -0.25) is 4.99 Å². The van der Waals surface area contributed by atoms with Crippen molar-refractivity contribution in [1.29, 1.82) is 0 Å². The molecule has 3 heterocycles. The maximum absolute atomic E-state index is 4.41. The lowest BCUT2D eigenvalue weighted by molar-refractivity contribution is 0.463. The molecule has 0 amide bonds. The summed E-state index contributed by atoms with van der Waals surface area (Å²) in [6.07, 6.45) is 5.53. The number of nitrogens with one attached hydrogen (secondary N) is 2. The van der Waals surface area contributed by atoms with Crippen LogP contribution in [0.25, 0.3) is 0 Å². The number of aromatic nitrogens is 3. The predicted molar refractivity (Wildman–Crippen MR) is 118 cm³/mol. The standard InChI is InChI=1S/C21H27N7S/c1-22-21(26-19-7-9-27(10-8-19)20-6-3-11-29-20)24-13-17-4-2-5-18(12-17)14-28-16-23-15-25-28/h2-6,11-12,15-16,19H,7-10,13-14H2,1H3,(H2,22,24,26). The Morgan fingerprint density at radius 1 is 1.21 bits per heavy atom. The summed E-state index contributed by atoms with van der Waals surface area (Å²) in [7, 11) is 1.83. The summed E-state index contributed by atoms with van der Waals surface area (Å²) in [6.45, 7) is 3.63. The van der Waals surface area contributed by atoms with Crippen LogP contribution >= 0.6 is 11.3 Å². The molecular weight excluding hydrogens is 382 g/mol. The van der Waals surface area contributed by atoms with E-state index in [9.17, 15) is 0 Å². The van der Waals surface area contributed by atoms with Crippen molar-refractivity contribution in [3.8, 4) is 0 Å². The molecule has 0 aliphatic carbocycles. The molecule has 3 aromatic rings. The lowest BCUT2D eigenvalue weighted by Gasteiger charge is -2.33. The summed E-state index contributed by atoms with van der Waals surface area (Å²) in [4.78, 5) is 10.9. The highest BCUT2D eigenvalue weighted by Crippen LogP contribution is 2.24. The monoisotopic (exact) mass is 409 g/mol. The van der Waals surface area contributed by atoms with Gasteiger partial charge in [0.2, 0.25) is 0 Å². The van der Waals surface area contributed by atoms with Gasteiger partial charge in [-0.05, 0) is 41.5 Å². The highest BCUT2D eigenvalue weighted by atomic mass is 32.1. The van der Waals surface area contributed by atoms with Gasteiger partial charge in [-0.2, -0.15) is 5.10 Å². The van der Waals surface area contributed by atoms with Crippen LogP contribution in [0.3, 0.4) is 0 Å². The first-order valence-corrected chi connectivity index (χ1v) is 10.8. The largest absolute Gasteiger partial charge is 0.363 e. The van der Waals surface area contributed by atoms with Crippen molar-refractivity contribution >= 4 is 22.3 Å². The van der Waals surface area contributed by atoms with E-state index in [4.69, 9.17) is 0 Å². The van der Waals surface area contributed by atoms with Gasteiger partial charge in [0.25, 0.3) is 0 Å². The van der Waals surface area contributed by atoms with Crippen molar-refractivity contribution in [1.82, 2.24) is 25.4 Å². The van der Waals surface area contributed by atoms with Crippen LogP contribution in [0.1, 0.15) is 24.0 Å². The second kappa shape index (κ2) is 9.56. The van der Waals surface area contributed by atoms with E-state index in [0.29, 0.717) is 6.04 Å². The summed E-state index contributed by atoms with van der Waals surface area (Å²) < 4.78 is 1.83. The van der Waals surface area contributed by atoms with Crippen molar-refractivity contribution in [2.45, 2.75) is 32.0 Å². The van der Waals surface area contributed by atoms with Gasteiger partial charge in [0.1, 0.15) is 12.7 Å². The third kappa shape index (κ3) is 5.35. The molecule has 2 aromatic heterocycles. The van der Waals surface area contributed by atoms with E-state index in [1.807, 2.05) is 23.1 Å². The fraction of sp³-hybridized carbons (Fsp3) is 0.381. The molecule has 1 aliphatic heterocycles. The molecule has 29 heavy (non-hydrogen) atoms. The molecule has 1 aromatic carbocycles. The Balaban J connectivity index is 1.26. The molecule has 0 bridgehead atoms. The second-order valence-electron chi connectivity index (χ2n) is 7.20. The molecule has 1 aliphatic rings. The maximum Gasteiger partial charge on any atom is 0.191 e. The van der Waals surface area contributed by atoms with E-state index in [0.717, 1.165) is 45.0 Å². The molecular formula is C21H27N7S. The lowest BCUT2D eigenvalue weighted by Crippen LogP contribution is -2.48. The molecule has 8 heteroatoms. The first-order chi connectivity index (χ1) is 14.3. The van der Waals surface area contributed by atoms with Gasteiger partial charge in [0, 0.05) is 32.7 Å². The number of rotatable bonds is 6. The van der Waals surface area contributed by atoms with Crippen molar-refractivity contribution in [3.05, 3.63) is 65.6 Å². The zero-order valence-corrected chi connectivity index (χ0v) is 17.5. The van der Waals surface area contributed by atoms with Crippen LogP contribution in [0.5, 0.6) is 0 Å². The third-order valence-electron chi connectivity index (χ3n) is 5.14. The maximum atomic E-state index is 4.41. The smallest absolute Gasteiger partial charge is 0.191 e. The highest BCUT2D eigenvalue weighted by molar-refractivity contribution is 7.14. The van der Waals surface area contributed by atoms with Gasteiger partial charge in [-0.1, -0.05) is 24.3 Å². The van der Waals surface area contributed by atoms with E-state index in [-0.39, 0.29) is 0 Å².